The fourth-order valence-corrected chi connectivity index (χ4v) is 2.49. The van der Waals surface area contributed by atoms with E-state index in [1.807, 2.05) is 12.1 Å². The lowest BCUT2D eigenvalue weighted by atomic mass is 10.1. The molecule has 0 aromatic heterocycles. The number of anilines is 3. The summed E-state index contributed by atoms with van der Waals surface area (Å²) in [6.07, 6.45) is 3.18. The first-order chi connectivity index (χ1) is 12.4. The van der Waals surface area contributed by atoms with Crippen LogP contribution in [0.15, 0.2) is 48.5 Å². The van der Waals surface area contributed by atoms with Crippen molar-refractivity contribution in [2.24, 2.45) is 0 Å². The molecule has 0 bridgehead atoms. The van der Waals surface area contributed by atoms with Crippen molar-refractivity contribution in [2.45, 2.75) is 33.1 Å². The number of benzene rings is 2. The Labute approximate surface area is 153 Å². The Bertz CT molecular complexity index is 783. The fourth-order valence-electron chi connectivity index (χ4n) is 2.49. The summed E-state index contributed by atoms with van der Waals surface area (Å²) in [6, 6.07) is 13.5. The first-order valence-electron chi connectivity index (χ1n) is 8.53. The van der Waals surface area contributed by atoms with Gasteiger partial charge in [-0.25, -0.2) is 4.90 Å². The Hall–Kier alpha value is -3.15. The number of hydrogen-bond acceptors (Lipinski definition) is 4. The first-order valence-corrected chi connectivity index (χ1v) is 8.53. The van der Waals surface area contributed by atoms with E-state index in [2.05, 4.69) is 12.2 Å². The van der Waals surface area contributed by atoms with Crippen molar-refractivity contribution in [3.05, 3.63) is 54.1 Å². The number of rotatable bonds is 5. The van der Waals surface area contributed by atoms with Crippen LogP contribution in [0.25, 0.3) is 0 Å². The summed E-state index contributed by atoms with van der Waals surface area (Å²) >= 11 is 0. The predicted molar refractivity (Wildman–Crippen MR) is 103 cm³/mol. The van der Waals surface area contributed by atoms with Crippen LogP contribution < -0.4 is 16.0 Å². The largest absolute Gasteiger partial charge is 0.399 e. The molecule has 26 heavy (non-hydrogen) atoms. The highest BCUT2D eigenvalue weighted by atomic mass is 16.2. The zero-order valence-electron chi connectivity index (χ0n) is 15.0. The third-order valence-electron chi connectivity index (χ3n) is 3.89. The summed E-state index contributed by atoms with van der Waals surface area (Å²) in [5.41, 5.74) is 8.08. The number of carbonyl (C=O) groups is 3. The lowest BCUT2D eigenvalue weighted by Crippen LogP contribution is -2.42. The summed E-state index contributed by atoms with van der Waals surface area (Å²) < 4.78 is 0. The number of carbonyl (C=O) groups excluding carboxylic acids is 3. The molecule has 0 aliphatic rings. The molecule has 0 saturated heterocycles. The second-order valence-corrected chi connectivity index (χ2v) is 6.01. The van der Waals surface area contributed by atoms with Gasteiger partial charge < -0.3 is 11.1 Å². The molecule has 0 saturated carbocycles. The second kappa shape index (κ2) is 8.80. The minimum Gasteiger partial charge on any atom is -0.399 e. The van der Waals surface area contributed by atoms with Crippen LogP contribution in [0.2, 0.25) is 0 Å². The van der Waals surface area contributed by atoms with Gasteiger partial charge in [0.1, 0.15) is 0 Å². The summed E-state index contributed by atoms with van der Waals surface area (Å²) in [5.74, 6) is -2.37. The van der Waals surface area contributed by atoms with Gasteiger partial charge in [-0.2, -0.15) is 0 Å². The fraction of sp³-hybridized carbons (Fsp3) is 0.250. The summed E-state index contributed by atoms with van der Waals surface area (Å²) in [4.78, 5) is 37.4. The maximum atomic E-state index is 12.4. The molecule has 0 aliphatic heterocycles. The van der Waals surface area contributed by atoms with Crippen molar-refractivity contribution < 1.29 is 14.4 Å². The monoisotopic (exact) mass is 353 g/mol. The third kappa shape index (κ3) is 4.92. The Morgan fingerprint density at radius 1 is 1.00 bits per heavy atom. The van der Waals surface area contributed by atoms with Gasteiger partial charge in [0, 0.05) is 18.3 Å². The molecule has 0 spiro atoms. The van der Waals surface area contributed by atoms with Crippen LogP contribution in [-0.2, 0) is 20.8 Å². The predicted octanol–water partition coefficient (Wildman–Crippen LogP) is 3.13. The first kappa shape index (κ1) is 19.2. The molecular weight excluding hydrogens is 330 g/mol. The van der Waals surface area contributed by atoms with Gasteiger partial charge in [-0.05, 0) is 54.8 Å². The average Bonchev–Trinajstić information content (AvgIpc) is 2.62. The highest BCUT2D eigenvalue weighted by Crippen LogP contribution is 2.18. The highest BCUT2D eigenvalue weighted by Gasteiger charge is 2.26. The SMILES string of the molecule is CCCCc1ccc(NC(=O)C(=O)N(C(C)=O)c2ccc(N)cc2)cc1. The molecule has 0 fully saturated rings. The second-order valence-electron chi connectivity index (χ2n) is 6.01. The maximum absolute atomic E-state index is 12.4. The highest BCUT2D eigenvalue weighted by molar-refractivity contribution is 6.48. The molecule has 6 heteroatoms. The molecular formula is C20H23N3O3. The van der Waals surface area contributed by atoms with Gasteiger partial charge >= 0.3 is 11.8 Å². The van der Waals surface area contributed by atoms with Crippen LogP contribution in [0, 0.1) is 0 Å². The van der Waals surface area contributed by atoms with Crippen molar-refractivity contribution in [2.75, 3.05) is 16.0 Å². The molecule has 3 N–H and O–H groups in total. The van der Waals surface area contributed by atoms with Crippen LogP contribution >= 0.6 is 0 Å². The van der Waals surface area contributed by atoms with Gasteiger partial charge in [0.2, 0.25) is 5.91 Å². The third-order valence-corrected chi connectivity index (χ3v) is 3.89. The molecule has 0 atom stereocenters. The van der Waals surface area contributed by atoms with Crippen LogP contribution in [-0.4, -0.2) is 17.7 Å². The molecule has 0 radical (unpaired) electrons. The Balaban J connectivity index is 2.10. The van der Waals surface area contributed by atoms with Gasteiger partial charge in [-0.15, -0.1) is 0 Å². The van der Waals surface area contributed by atoms with E-state index in [-0.39, 0.29) is 0 Å². The van der Waals surface area contributed by atoms with Crippen LogP contribution in [0.5, 0.6) is 0 Å². The van der Waals surface area contributed by atoms with Crippen molar-refractivity contribution in [1.29, 1.82) is 0 Å². The molecule has 2 rings (SSSR count). The average molecular weight is 353 g/mol. The molecule has 2 aromatic carbocycles. The van der Waals surface area contributed by atoms with Crippen molar-refractivity contribution in [3.8, 4) is 0 Å². The van der Waals surface area contributed by atoms with Crippen LogP contribution in [0.3, 0.4) is 0 Å². The number of unbranched alkanes of at least 4 members (excludes halogenated alkanes) is 1. The molecule has 2 aromatic rings. The smallest absolute Gasteiger partial charge is 0.323 e. The van der Waals surface area contributed by atoms with E-state index < -0.39 is 17.7 Å². The van der Waals surface area contributed by atoms with Crippen molar-refractivity contribution in [3.63, 3.8) is 0 Å². The lowest BCUT2D eigenvalue weighted by Gasteiger charge is -2.18. The number of nitrogens with two attached hydrogens (primary N) is 1. The van der Waals surface area contributed by atoms with E-state index >= 15 is 0 Å². The number of nitrogens with zero attached hydrogens (tertiary/aromatic N) is 1. The number of hydrogen-bond donors (Lipinski definition) is 2. The topological polar surface area (TPSA) is 92.5 Å². The van der Waals surface area contributed by atoms with Crippen molar-refractivity contribution in [1.82, 2.24) is 0 Å². The van der Waals surface area contributed by atoms with E-state index in [0.717, 1.165) is 24.2 Å². The van der Waals surface area contributed by atoms with E-state index in [9.17, 15) is 14.4 Å². The van der Waals surface area contributed by atoms with Crippen LogP contribution in [0.1, 0.15) is 32.3 Å². The molecule has 0 heterocycles. The standard InChI is InChI=1S/C20H23N3O3/c1-3-4-5-15-6-10-17(11-7-15)22-19(25)20(26)23(14(2)24)18-12-8-16(21)9-13-18/h6-13H,3-5,21H2,1-2H3,(H,22,25). The Kier molecular flexibility index (Phi) is 6.49. The van der Waals surface area contributed by atoms with Gasteiger partial charge in [-0.3, -0.25) is 14.4 Å². The molecule has 0 unspecified atom stereocenters. The zero-order chi connectivity index (χ0) is 19.1. The number of imide groups is 1. The van der Waals surface area contributed by atoms with Gasteiger partial charge in [0.05, 0.1) is 5.69 Å². The summed E-state index contributed by atoms with van der Waals surface area (Å²) in [7, 11) is 0. The quantitative estimate of drug-likeness (QED) is 0.638. The normalized spacial score (nSPS) is 10.2. The van der Waals surface area contributed by atoms with E-state index in [1.54, 1.807) is 24.3 Å². The molecule has 6 nitrogen and oxygen atoms in total. The number of nitrogen functional groups attached to an aromatic ring is 1. The number of nitrogens with one attached hydrogen (secondary N) is 1. The van der Waals surface area contributed by atoms with E-state index in [0.29, 0.717) is 17.1 Å². The van der Waals surface area contributed by atoms with E-state index in [4.69, 9.17) is 5.73 Å². The zero-order valence-corrected chi connectivity index (χ0v) is 15.0. The van der Waals surface area contributed by atoms with Crippen molar-refractivity contribution >= 4 is 34.8 Å². The van der Waals surface area contributed by atoms with Gasteiger partial charge in [0.25, 0.3) is 0 Å². The minimum atomic E-state index is -0.947. The van der Waals surface area contributed by atoms with E-state index in [1.165, 1.54) is 24.6 Å². The van der Waals surface area contributed by atoms with Gasteiger partial charge in [-0.1, -0.05) is 25.5 Å². The molecule has 0 aliphatic carbocycles. The Morgan fingerprint density at radius 3 is 2.15 bits per heavy atom. The van der Waals surface area contributed by atoms with Gasteiger partial charge in [0.15, 0.2) is 0 Å². The van der Waals surface area contributed by atoms with Crippen LogP contribution in [0.4, 0.5) is 17.1 Å². The Morgan fingerprint density at radius 2 is 1.62 bits per heavy atom. The number of aryl methyl sites for hydroxylation is 1. The minimum absolute atomic E-state index is 0.293. The lowest BCUT2D eigenvalue weighted by molar-refractivity contribution is -0.136. The summed E-state index contributed by atoms with van der Waals surface area (Å²) in [5, 5.41) is 2.53. The summed E-state index contributed by atoms with van der Waals surface area (Å²) in [6.45, 7) is 3.35. The number of amides is 3. The maximum Gasteiger partial charge on any atom is 0.323 e. The molecule has 3 amide bonds. The molecule has 136 valence electrons.